The van der Waals surface area contributed by atoms with Crippen molar-refractivity contribution >= 4 is 16.5 Å². The van der Waals surface area contributed by atoms with Crippen molar-refractivity contribution in [3.05, 3.63) is 46.8 Å². The average Bonchev–Trinajstić information content (AvgIpc) is 3.44. The van der Waals surface area contributed by atoms with Crippen molar-refractivity contribution < 1.29 is 36.4 Å². The maximum atomic E-state index is 8.25. The van der Waals surface area contributed by atoms with Gasteiger partial charge in [-0.3, -0.25) is 12.2 Å². The van der Waals surface area contributed by atoms with E-state index >= 15 is 0 Å². The van der Waals surface area contributed by atoms with E-state index in [1.165, 1.54) is 10.4 Å². The summed E-state index contributed by atoms with van der Waals surface area (Å²) in [4.78, 5) is 0. The minimum atomic E-state index is -1.47. The van der Waals surface area contributed by atoms with Crippen LogP contribution in [0.5, 0.6) is 0 Å². The largest absolute Gasteiger partial charge is 4.00 e. The van der Waals surface area contributed by atoms with Gasteiger partial charge < -0.3 is 19.3 Å². The van der Waals surface area contributed by atoms with Crippen LogP contribution in [-0.2, 0) is 26.2 Å². The third-order valence-corrected chi connectivity index (χ3v) is 14.2. The van der Waals surface area contributed by atoms with Gasteiger partial charge in [0.1, 0.15) is 16.5 Å². The number of allylic oxidation sites excluding steroid dienone is 8. The van der Waals surface area contributed by atoms with E-state index in [9.17, 15) is 0 Å². The number of hydrogen-bond donors (Lipinski definition) is 0. The number of nitrogens with zero attached hydrogens (tertiary/aromatic N) is 2. The molecule has 0 fully saturated rings. The minimum absolute atomic E-state index is 0. The van der Waals surface area contributed by atoms with Crippen molar-refractivity contribution in [1.29, 1.82) is 0 Å². The summed E-state index contributed by atoms with van der Waals surface area (Å²) in [5.41, 5.74) is 0. The van der Waals surface area contributed by atoms with Crippen molar-refractivity contribution in [2.75, 3.05) is 14.2 Å². The van der Waals surface area contributed by atoms with Gasteiger partial charge in [0, 0.05) is 0 Å². The molecule has 2 aliphatic carbocycles. The molecule has 0 aromatic heterocycles. The Bertz CT molecular complexity index is 608. The zero-order chi connectivity index (χ0) is 27.3. The van der Waals surface area contributed by atoms with Crippen molar-refractivity contribution in [2.45, 2.75) is 119 Å². The normalized spacial score (nSPS) is 14.9. The van der Waals surface area contributed by atoms with E-state index in [0.717, 1.165) is 27.1 Å². The van der Waals surface area contributed by atoms with E-state index in [1.807, 2.05) is 0 Å². The summed E-state index contributed by atoms with van der Waals surface area (Å²) < 4.78 is 5.37. The number of hydrogen-bond acceptors (Lipinski definition) is 4. The Kier molecular flexibility index (Phi) is 21.8. The zero-order valence-electron chi connectivity index (χ0n) is 25.2. The van der Waals surface area contributed by atoms with Crippen molar-refractivity contribution in [2.24, 2.45) is 0 Å². The first-order chi connectivity index (χ1) is 15.7. The van der Waals surface area contributed by atoms with E-state index in [2.05, 4.69) is 127 Å². The molecule has 0 aliphatic heterocycles. The van der Waals surface area contributed by atoms with Gasteiger partial charge in [0.25, 0.3) is 0 Å². The molecule has 7 heteroatoms. The van der Waals surface area contributed by atoms with E-state index in [0.29, 0.717) is 24.2 Å². The molecule has 0 radical (unpaired) electrons. The van der Waals surface area contributed by atoms with Crippen molar-refractivity contribution in [3.8, 4) is 0 Å². The van der Waals surface area contributed by atoms with Gasteiger partial charge in [0.15, 0.2) is 0 Å². The molecular formula is C28H54N2O2Si2Zr. The van der Waals surface area contributed by atoms with Crippen LogP contribution in [0.25, 0.3) is 0 Å². The second-order valence-electron chi connectivity index (χ2n) is 10.7. The molecule has 35 heavy (non-hydrogen) atoms. The summed E-state index contributed by atoms with van der Waals surface area (Å²) in [5, 5.41) is 19.5. The molecule has 0 amide bonds. The predicted octanol–water partition coefficient (Wildman–Crippen LogP) is 5.03. The third kappa shape index (κ3) is 12.0. The Morgan fingerprint density at radius 1 is 0.600 bits per heavy atom. The van der Waals surface area contributed by atoms with Crippen LogP contribution < -0.4 is 10.2 Å². The first kappa shape index (κ1) is 39.6. The molecule has 0 saturated carbocycles. The van der Waals surface area contributed by atoms with Crippen molar-refractivity contribution in [1.82, 2.24) is 9.13 Å². The summed E-state index contributed by atoms with van der Waals surface area (Å²) in [6.45, 7) is 28.1. The summed E-state index contributed by atoms with van der Waals surface area (Å²) >= 11 is 0. The molecule has 2 rings (SSSR count). The third-order valence-electron chi connectivity index (χ3n) is 6.22. The summed E-state index contributed by atoms with van der Waals surface area (Å²) in [6, 6.07) is 2.48. The van der Waals surface area contributed by atoms with Gasteiger partial charge in [0.05, 0.1) is 0 Å². The van der Waals surface area contributed by atoms with Gasteiger partial charge in [-0.2, -0.15) is 26.4 Å². The molecule has 0 aromatic rings. The van der Waals surface area contributed by atoms with Gasteiger partial charge in [-0.15, -0.1) is 12.8 Å². The summed E-state index contributed by atoms with van der Waals surface area (Å²) in [5.74, 6) is 0. The van der Waals surface area contributed by atoms with Crippen LogP contribution in [0.4, 0.5) is 0 Å². The molecule has 0 N–H and O–H groups in total. The van der Waals surface area contributed by atoms with Crippen LogP contribution >= 0.6 is 0 Å². The van der Waals surface area contributed by atoms with Gasteiger partial charge >= 0.3 is 26.2 Å². The van der Waals surface area contributed by atoms with Gasteiger partial charge in [-0.25, -0.2) is 22.5 Å². The van der Waals surface area contributed by atoms with E-state index in [4.69, 9.17) is 10.2 Å². The van der Waals surface area contributed by atoms with Crippen LogP contribution in [0, 0.1) is 12.2 Å². The van der Waals surface area contributed by atoms with E-state index < -0.39 is 16.5 Å². The fourth-order valence-electron chi connectivity index (χ4n) is 5.70. The van der Waals surface area contributed by atoms with Crippen LogP contribution in [0.2, 0.25) is 26.2 Å². The minimum Gasteiger partial charge on any atom is -0.857 e. The Balaban J connectivity index is -0.000000499. The second-order valence-corrected chi connectivity index (χ2v) is 19.0. The predicted molar refractivity (Wildman–Crippen MR) is 152 cm³/mol. The fourth-order valence-corrected chi connectivity index (χ4v) is 13.5. The monoisotopic (exact) mass is 596 g/mol. The molecule has 200 valence electrons. The van der Waals surface area contributed by atoms with Gasteiger partial charge in [0.2, 0.25) is 0 Å². The van der Waals surface area contributed by atoms with E-state index in [-0.39, 0.29) is 26.2 Å². The maximum Gasteiger partial charge on any atom is 4.00 e. The molecule has 0 bridgehead atoms. The quantitative estimate of drug-likeness (QED) is 0.291. The molecule has 0 saturated heterocycles. The standard InChI is InChI=1S/2C13H24NSi.2CH3O.Zr/c2*1-11(2)14(12(3)4)15(5,6)13-9-7-8-10-13;2*1-2;/h2*7,9,11-12H,8H2,1-6H3;2*1H3;/q4*-1;+4. The SMILES string of the molecule is CC(C)N(C(C)C)[Si](C)(C)C1=[C-]CC=C1.CC(C)N(C(C)C)[Si](C)(C)C1=[C-]CC=C1.C[O-].C[O-].[Zr+4]. The molecule has 0 unspecified atom stereocenters. The summed E-state index contributed by atoms with van der Waals surface area (Å²) in [6.07, 6.45) is 18.1. The molecule has 0 heterocycles. The van der Waals surface area contributed by atoms with Crippen LogP contribution in [-0.4, -0.2) is 64.0 Å². The van der Waals surface area contributed by atoms with Gasteiger partial charge in [-0.1, -0.05) is 81.6 Å². The summed E-state index contributed by atoms with van der Waals surface area (Å²) in [7, 11) is -1.45. The van der Waals surface area contributed by atoms with Crippen LogP contribution in [0.1, 0.15) is 68.2 Å². The first-order valence-electron chi connectivity index (χ1n) is 12.7. The molecule has 0 aromatic carbocycles. The van der Waals surface area contributed by atoms with Crippen LogP contribution in [0.3, 0.4) is 0 Å². The Morgan fingerprint density at radius 2 is 0.829 bits per heavy atom. The second kappa shape index (κ2) is 19.2. The molecule has 4 nitrogen and oxygen atoms in total. The topological polar surface area (TPSA) is 52.6 Å². The molecule has 2 aliphatic rings. The first-order valence-corrected chi connectivity index (χ1v) is 18.6. The van der Waals surface area contributed by atoms with E-state index in [1.54, 1.807) is 0 Å². The fraction of sp³-hybridized carbons (Fsp3) is 0.714. The molecule has 0 spiro atoms. The zero-order valence-corrected chi connectivity index (χ0v) is 29.7. The van der Waals surface area contributed by atoms with Gasteiger partial charge in [-0.05, 0) is 24.2 Å². The Hall–Kier alpha value is 0.117. The Morgan fingerprint density at radius 3 is 0.971 bits per heavy atom. The smallest absolute Gasteiger partial charge is 0.857 e. The van der Waals surface area contributed by atoms with Crippen LogP contribution in [0.15, 0.2) is 34.7 Å². The molecule has 0 atom stereocenters. The maximum absolute atomic E-state index is 8.25. The Labute approximate surface area is 240 Å². The van der Waals surface area contributed by atoms with Crippen molar-refractivity contribution in [3.63, 3.8) is 0 Å². The number of rotatable bonds is 8. The molecular weight excluding hydrogens is 544 g/mol. The average molecular weight is 598 g/mol.